The highest BCUT2D eigenvalue weighted by molar-refractivity contribution is 5.88. The average molecular weight is 414 g/mol. The Balaban J connectivity index is 5.52. The molecular formula is C20H30O9. The first-order valence-electron chi connectivity index (χ1n) is 8.78. The number of esters is 3. The SMILES string of the molecule is C=C(C)C(=O)OCC(COCC(O)CO)(COC(=O)C(=C)C)COC(=O)C(=C)C. The molecule has 9 heteroatoms. The summed E-state index contributed by atoms with van der Waals surface area (Å²) in [5.41, 5.74) is -0.841. The molecule has 0 aromatic carbocycles. The van der Waals surface area contributed by atoms with Gasteiger partial charge in [0.15, 0.2) is 0 Å². The first kappa shape index (κ1) is 26.5. The summed E-state index contributed by atoms with van der Waals surface area (Å²) in [6, 6.07) is 0. The third-order valence-corrected chi connectivity index (χ3v) is 3.50. The number of hydrogen-bond donors (Lipinski definition) is 2. The number of aliphatic hydroxyl groups is 2. The quantitative estimate of drug-likeness (QED) is 0.240. The standard InChI is InChI=1S/C20H30O9/c1-13(2)17(23)27-10-20(9-26-8-16(22)7-21,11-28-18(24)14(3)4)12-29-19(25)15(5)6/h16,21-22H,1,3,5,7-12H2,2,4,6H3. The van der Waals surface area contributed by atoms with Gasteiger partial charge in [0.1, 0.15) is 25.9 Å². The van der Waals surface area contributed by atoms with Crippen LogP contribution in [-0.2, 0) is 33.3 Å². The minimum atomic E-state index is -1.28. The maximum Gasteiger partial charge on any atom is 0.333 e. The van der Waals surface area contributed by atoms with Crippen molar-refractivity contribution in [3.8, 4) is 0 Å². The summed E-state index contributed by atoms with van der Waals surface area (Å²) < 4.78 is 20.9. The van der Waals surface area contributed by atoms with Crippen molar-refractivity contribution in [3.63, 3.8) is 0 Å². The lowest BCUT2D eigenvalue weighted by Crippen LogP contribution is -2.44. The van der Waals surface area contributed by atoms with Gasteiger partial charge in [-0.3, -0.25) is 0 Å². The molecule has 9 nitrogen and oxygen atoms in total. The lowest BCUT2D eigenvalue weighted by Gasteiger charge is -2.32. The molecule has 0 rings (SSSR count). The highest BCUT2D eigenvalue weighted by Gasteiger charge is 2.37. The van der Waals surface area contributed by atoms with Gasteiger partial charge >= 0.3 is 17.9 Å². The van der Waals surface area contributed by atoms with Crippen LogP contribution in [0.15, 0.2) is 36.5 Å². The van der Waals surface area contributed by atoms with Crippen LogP contribution in [0.3, 0.4) is 0 Å². The molecule has 2 N–H and O–H groups in total. The second kappa shape index (κ2) is 12.9. The molecular weight excluding hydrogens is 384 g/mol. The summed E-state index contributed by atoms with van der Waals surface area (Å²) >= 11 is 0. The Hall–Kier alpha value is -2.49. The molecule has 0 spiro atoms. The van der Waals surface area contributed by atoms with Gasteiger partial charge in [0, 0.05) is 16.7 Å². The van der Waals surface area contributed by atoms with E-state index >= 15 is 0 Å². The van der Waals surface area contributed by atoms with Crippen molar-refractivity contribution in [1.29, 1.82) is 0 Å². The van der Waals surface area contributed by atoms with Crippen molar-refractivity contribution in [2.45, 2.75) is 26.9 Å². The third-order valence-electron chi connectivity index (χ3n) is 3.50. The van der Waals surface area contributed by atoms with Crippen molar-refractivity contribution < 1.29 is 43.5 Å². The number of rotatable bonds is 14. The number of carbonyl (C=O) groups excluding carboxylic acids is 3. The molecule has 0 aromatic heterocycles. The molecule has 0 aliphatic rings. The second-order valence-electron chi connectivity index (χ2n) is 6.92. The molecule has 1 atom stereocenters. The van der Waals surface area contributed by atoms with Gasteiger partial charge in [-0.2, -0.15) is 0 Å². The first-order valence-corrected chi connectivity index (χ1v) is 8.78. The van der Waals surface area contributed by atoms with E-state index in [0.717, 1.165) is 0 Å². The van der Waals surface area contributed by atoms with Crippen molar-refractivity contribution in [2.75, 3.05) is 39.6 Å². The van der Waals surface area contributed by atoms with Crippen LogP contribution < -0.4 is 0 Å². The highest BCUT2D eigenvalue weighted by Crippen LogP contribution is 2.22. The number of aliphatic hydroxyl groups excluding tert-OH is 2. The number of carbonyl (C=O) groups is 3. The predicted octanol–water partition coefficient (Wildman–Crippen LogP) is 0.700. The molecule has 0 radical (unpaired) electrons. The van der Waals surface area contributed by atoms with E-state index in [4.69, 9.17) is 24.1 Å². The zero-order valence-corrected chi connectivity index (χ0v) is 17.2. The van der Waals surface area contributed by atoms with Crippen LogP contribution in [-0.4, -0.2) is 73.9 Å². The third kappa shape index (κ3) is 10.6. The molecule has 0 saturated heterocycles. The van der Waals surface area contributed by atoms with Crippen molar-refractivity contribution in [1.82, 2.24) is 0 Å². The van der Waals surface area contributed by atoms with Crippen LogP contribution in [0.2, 0.25) is 0 Å². The minimum absolute atomic E-state index is 0.147. The zero-order valence-electron chi connectivity index (χ0n) is 17.2. The molecule has 0 bridgehead atoms. The summed E-state index contributed by atoms with van der Waals surface area (Å²) in [5, 5.41) is 18.4. The van der Waals surface area contributed by atoms with Gasteiger partial charge in [-0.1, -0.05) is 19.7 Å². The number of hydrogen-bond acceptors (Lipinski definition) is 9. The van der Waals surface area contributed by atoms with E-state index < -0.39 is 36.0 Å². The van der Waals surface area contributed by atoms with Crippen LogP contribution in [0, 0.1) is 5.41 Å². The van der Waals surface area contributed by atoms with Gasteiger partial charge < -0.3 is 29.2 Å². The van der Waals surface area contributed by atoms with Gasteiger partial charge in [-0.15, -0.1) is 0 Å². The second-order valence-corrected chi connectivity index (χ2v) is 6.92. The molecule has 0 fully saturated rings. The van der Waals surface area contributed by atoms with E-state index in [9.17, 15) is 19.5 Å². The van der Waals surface area contributed by atoms with Gasteiger partial charge in [-0.05, 0) is 20.8 Å². The average Bonchev–Trinajstić information content (AvgIpc) is 2.67. The van der Waals surface area contributed by atoms with Gasteiger partial charge in [0.05, 0.1) is 25.2 Å². The minimum Gasteiger partial charge on any atom is -0.461 e. The van der Waals surface area contributed by atoms with Crippen LogP contribution >= 0.6 is 0 Å². The summed E-state index contributed by atoms with van der Waals surface area (Å²) in [4.78, 5) is 35.5. The highest BCUT2D eigenvalue weighted by atomic mass is 16.6. The van der Waals surface area contributed by atoms with Gasteiger partial charge in [-0.25, -0.2) is 14.4 Å². The van der Waals surface area contributed by atoms with Crippen LogP contribution in [0.1, 0.15) is 20.8 Å². The van der Waals surface area contributed by atoms with Crippen LogP contribution in [0.5, 0.6) is 0 Å². The van der Waals surface area contributed by atoms with Crippen LogP contribution in [0.4, 0.5) is 0 Å². The molecule has 0 aliphatic heterocycles. The molecule has 164 valence electrons. The zero-order chi connectivity index (χ0) is 22.6. The maximum absolute atomic E-state index is 11.8. The van der Waals surface area contributed by atoms with Gasteiger partial charge in [0.25, 0.3) is 0 Å². The monoisotopic (exact) mass is 414 g/mol. The Labute approximate surface area is 170 Å². The summed E-state index contributed by atoms with van der Waals surface area (Å²) in [5.74, 6) is -2.08. The topological polar surface area (TPSA) is 129 Å². The van der Waals surface area contributed by atoms with Crippen molar-refractivity contribution >= 4 is 17.9 Å². The summed E-state index contributed by atoms with van der Waals surface area (Å²) in [6.45, 7) is 12.9. The Morgan fingerprint density at radius 1 is 0.793 bits per heavy atom. The Morgan fingerprint density at radius 2 is 1.14 bits per heavy atom. The molecule has 0 aromatic rings. The smallest absolute Gasteiger partial charge is 0.333 e. The molecule has 0 saturated carbocycles. The normalized spacial score (nSPS) is 11.9. The van der Waals surface area contributed by atoms with Crippen molar-refractivity contribution in [3.05, 3.63) is 36.5 Å². The van der Waals surface area contributed by atoms with Crippen molar-refractivity contribution in [2.24, 2.45) is 5.41 Å². The largest absolute Gasteiger partial charge is 0.461 e. The fourth-order valence-corrected chi connectivity index (χ4v) is 1.74. The van der Waals surface area contributed by atoms with E-state index in [1.807, 2.05) is 0 Å². The summed E-state index contributed by atoms with van der Waals surface area (Å²) in [7, 11) is 0. The first-order chi connectivity index (χ1) is 13.4. The van der Waals surface area contributed by atoms with E-state index in [2.05, 4.69) is 19.7 Å². The van der Waals surface area contributed by atoms with E-state index in [0.29, 0.717) is 0 Å². The summed E-state index contributed by atoms with van der Waals surface area (Å²) in [6.07, 6.45) is -1.14. The van der Waals surface area contributed by atoms with E-state index in [1.165, 1.54) is 20.8 Å². The lowest BCUT2D eigenvalue weighted by atomic mass is 9.92. The fraction of sp³-hybridized carbons (Fsp3) is 0.550. The Morgan fingerprint density at radius 3 is 1.41 bits per heavy atom. The van der Waals surface area contributed by atoms with E-state index in [1.54, 1.807) is 0 Å². The Bertz CT molecular complexity index is 562. The molecule has 1 unspecified atom stereocenters. The van der Waals surface area contributed by atoms with Crippen LogP contribution in [0.25, 0.3) is 0 Å². The van der Waals surface area contributed by atoms with E-state index in [-0.39, 0.29) is 49.8 Å². The lowest BCUT2D eigenvalue weighted by molar-refractivity contribution is -0.163. The maximum atomic E-state index is 11.8. The molecule has 0 amide bonds. The molecule has 29 heavy (non-hydrogen) atoms. The molecule has 0 heterocycles. The predicted molar refractivity (Wildman–Crippen MR) is 104 cm³/mol. The Kier molecular flexibility index (Phi) is 11.8. The fourth-order valence-electron chi connectivity index (χ4n) is 1.74. The molecule has 0 aliphatic carbocycles. The number of ether oxygens (including phenoxy) is 4. The van der Waals surface area contributed by atoms with Gasteiger partial charge in [0.2, 0.25) is 0 Å².